The average Bonchev–Trinajstić information content (AvgIpc) is 2.63. The second-order valence-electron chi connectivity index (χ2n) is 5.38. The first-order valence-electron chi connectivity index (χ1n) is 7.67. The maximum atomic E-state index is 12.1. The Morgan fingerprint density at radius 3 is 2.44 bits per heavy atom. The number of esters is 1. The molecule has 8 nitrogen and oxygen atoms in total. The van der Waals surface area contributed by atoms with Crippen LogP contribution in [0.25, 0.3) is 0 Å². The Morgan fingerprint density at radius 2 is 1.84 bits per heavy atom. The number of aromatic nitrogens is 2. The maximum absolute atomic E-state index is 12.1. The highest BCUT2D eigenvalue weighted by Crippen LogP contribution is 2.15. The summed E-state index contributed by atoms with van der Waals surface area (Å²) in [6, 6.07) is 6.29. The third-order valence-corrected chi connectivity index (χ3v) is 3.55. The maximum Gasteiger partial charge on any atom is 0.338 e. The van der Waals surface area contributed by atoms with Crippen LogP contribution in [0.1, 0.15) is 29.3 Å². The molecule has 2 aromatic rings. The second-order valence-corrected chi connectivity index (χ2v) is 5.38. The van der Waals surface area contributed by atoms with Crippen molar-refractivity contribution in [1.29, 1.82) is 0 Å². The van der Waals surface area contributed by atoms with E-state index in [-0.39, 0.29) is 5.56 Å². The predicted molar refractivity (Wildman–Crippen MR) is 92.9 cm³/mol. The zero-order valence-electron chi connectivity index (χ0n) is 14.2. The van der Waals surface area contributed by atoms with Crippen molar-refractivity contribution in [2.45, 2.75) is 13.3 Å². The molecule has 0 fully saturated rings. The van der Waals surface area contributed by atoms with Gasteiger partial charge in [0.1, 0.15) is 5.56 Å². The molecular weight excluding hydrogens is 326 g/mol. The molecule has 1 aromatic carbocycles. The fourth-order valence-corrected chi connectivity index (χ4v) is 2.07. The molecule has 1 heterocycles. The molecular formula is C17H19N3O5. The van der Waals surface area contributed by atoms with Crippen LogP contribution in [0.3, 0.4) is 0 Å². The topological polar surface area (TPSA) is 103 Å². The number of hydrogen-bond donors (Lipinski definition) is 1. The monoisotopic (exact) mass is 345 g/mol. The van der Waals surface area contributed by atoms with Crippen LogP contribution in [0.2, 0.25) is 0 Å². The van der Waals surface area contributed by atoms with Crippen LogP contribution < -0.4 is 11.2 Å². The fourth-order valence-electron chi connectivity index (χ4n) is 2.07. The second kappa shape index (κ2) is 7.61. The standard InChI is InChI=1S/C17H19N3O5/c1-4-9-25-16(23)11-5-7-12(8-6-11)18-10-13-14(21)19(2)17(24)20(3)15(13)22/h5-8,10,21H,4,9H2,1-3H3. The Bertz CT molecular complexity index is 923. The number of aliphatic imine (C=N–C) groups is 1. The lowest BCUT2D eigenvalue weighted by atomic mass is 10.2. The van der Waals surface area contributed by atoms with Crippen molar-refractivity contribution in [3.8, 4) is 5.88 Å². The highest BCUT2D eigenvalue weighted by molar-refractivity contribution is 5.90. The van der Waals surface area contributed by atoms with Gasteiger partial charge in [-0.05, 0) is 30.7 Å². The Hall–Kier alpha value is -3.16. The molecule has 0 radical (unpaired) electrons. The number of carbonyl (C=O) groups is 1. The van der Waals surface area contributed by atoms with Crippen molar-refractivity contribution in [3.63, 3.8) is 0 Å². The summed E-state index contributed by atoms with van der Waals surface area (Å²) in [6.07, 6.45) is 1.92. The van der Waals surface area contributed by atoms with E-state index in [0.717, 1.165) is 15.6 Å². The minimum atomic E-state index is -0.649. The minimum absolute atomic E-state index is 0.101. The van der Waals surface area contributed by atoms with E-state index in [4.69, 9.17) is 4.74 Å². The Balaban J connectivity index is 2.28. The van der Waals surface area contributed by atoms with Gasteiger partial charge in [-0.15, -0.1) is 0 Å². The summed E-state index contributed by atoms with van der Waals surface area (Å²) in [5, 5.41) is 9.96. The molecule has 0 saturated carbocycles. The zero-order valence-corrected chi connectivity index (χ0v) is 14.2. The van der Waals surface area contributed by atoms with E-state index < -0.39 is 23.1 Å². The van der Waals surface area contributed by atoms with Crippen LogP contribution in [0, 0.1) is 0 Å². The number of hydrogen-bond acceptors (Lipinski definition) is 6. The summed E-state index contributed by atoms with van der Waals surface area (Å²) in [7, 11) is 2.67. The molecule has 0 aliphatic carbocycles. The first kappa shape index (κ1) is 18.2. The van der Waals surface area contributed by atoms with Gasteiger partial charge in [-0.2, -0.15) is 0 Å². The largest absolute Gasteiger partial charge is 0.494 e. The molecule has 0 amide bonds. The first-order chi connectivity index (χ1) is 11.9. The van der Waals surface area contributed by atoms with Crippen LogP contribution in [-0.2, 0) is 18.8 Å². The van der Waals surface area contributed by atoms with Gasteiger partial charge in [0.15, 0.2) is 0 Å². The van der Waals surface area contributed by atoms with Crippen LogP contribution in [0.15, 0.2) is 38.8 Å². The third-order valence-electron chi connectivity index (χ3n) is 3.55. The van der Waals surface area contributed by atoms with Gasteiger partial charge in [-0.25, -0.2) is 9.59 Å². The van der Waals surface area contributed by atoms with E-state index in [1.54, 1.807) is 24.3 Å². The van der Waals surface area contributed by atoms with Crippen molar-refractivity contribution in [1.82, 2.24) is 9.13 Å². The van der Waals surface area contributed by atoms with E-state index in [0.29, 0.717) is 17.9 Å². The molecule has 2 rings (SSSR count). The first-order valence-corrected chi connectivity index (χ1v) is 7.67. The normalized spacial score (nSPS) is 11.0. The van der Waals surface area contributed by atoms with Crippen molar-refractivity contribution in [2.75, 3.05) is 6.61 Å². The molecule has 8 heteroatoms. The number of nitrogens with zero attached hydrogens (tertiary/aromatic N) is 3. The van der Waals surface area contributed by atoms with Crippen molar-refractivity contribution in [3.05, 3.63) is 56.2 Å². The van der Waals surface area contributed by atoms with E-state index in [2.05, 4.69) is 4.99 Å². The summed E-state index contributed by atoms with van der Waals surface area (Å²) in [5.41, 5.74) is -0.509. The third kappa shape index (κ3) is 3.85. The number of carbonyl (C=O) groups excluding carboxylic acids is 1. The van der Waals surface area contributed by atoms with E-state index in [1.165, 1.54) is 20.3 Å². The minimum Gasteiger partial charge on any atom is -0.494 e. The van der Waals surface area contributed by atoms with E-state index in [1.807, 2.05) is 6.92 Å². The van der Waals surface area contributed by atoms with Gasteiger partial charge in [0.2, 0.25) is 5.88 Å². The molecule has 0 spiro atoms. The van der Waals surface area contributed by atoms with Crippen molar-refractivity contribution >= 4 is 17.9 Å². The molecule has 0 aliphatic rings. The Kier molecular flexibility index (Phi) is 5.53. The fraction of sp³-hybridized carbons (Fsp3) is 0.294. The number of rotatable bonds is 5. The summed E-state index contributed by atoms with van der Waals surface area (Å²) >= 11 is 0. The van der Waals surface area contributed by atoms with Crippen molar-refractivity contribution in [2.24, 2.45) is 19.1 Å². The summed E-state index contributed by atoms with van der Waals surface area (Å²) in [6.45, 7) is 2.26. The quantitative estimate of drug-likeness (QED) is 0.646. The van der Waals surface area contributed by atoms with Gasteiger partial charge >= 0.3 is 11.7 Å². The van der Waals surface area contributed by atoms with Gasteiger partial charge < -0.3 is 9.84 Å². The van der Waals surface area contributed by atoms with Crippen LogP contribution in [-0.4, -0.2) is 33.0 Å². The van der Waals surface area contributed by atoms with Gasteiger partial charge in [0.25, 0.3) is 5.56 Å². The highest BCUT2D eigenvalue weighted by Gasteiger charge is 2.13. The molecule has 0 saturated heterocycles. The Morgan fingerprint density at radius 1 is 1.20 bits per heavy atom. The van der Waals surface area contributed by atoms with Crippen LogP contribution in [0.4, 0.5) is 5.69 Å². The van der Waals surface area contributed by atoms with Gasteiger partial charge in [-0.1, -0.05) is 6.92 Å². The number of ether oxygens (including phenoxy) is 1. The summed E-state index contributed by atoms with van der Waals surface area (Å²) < 4.78 is 6.87. The number of benzene rings is 1. The van der Waals surface area contributed by atoms with E-state index in [9.17, 15) is 19.5 Å². The lowest BCUT2D eigenvalue weighted by Crippen LogP contribution is -2.38. The van der Waals surface area contributed by atoms with E-state index >= 15 is 0 Å². The zero-order chi connectivity index (χ0) is 18.6. The molecule has 0 unspecified atom stereocenters. The van der Waals surface area contributed by atoms with Crippen LogP contribution in [0.5, 0.6) is 5.88 Å². The molecule has 0 aliphatic heterocycles. The molecule has 1 aromatic heterocycles. The van der Waals surface area contributed by atoms with Gasteiger partial charge in [-0.3, -0.25) is 18.9 Å². The lowest BCUT2D eigenvalue weighted by molar-refractivity contribution is 0.0505. The smallest absolute Gasteiger partial charge is 0.338 e. The molecule has 132 valence electrons. The molecule has 25 heavy (non-hydrogen) atoms. The predicted octanol–water partition coefficient (Wildman–Crippen LogP) is 1.11. The summed E-state index contributed by atoms with van der Waals surface area (Å²) in [4.78, 5) is 39.6. The summed E-state index contributed by atoms with van der Waals surface area (Å²) in [5.74, 6) is -0.876. The van der Waals surface area contributed by atoms with Crippen molar-refractivity contribution < 1.29 is 14.6 Å². The SMILES string of the molecule is CCCOC(=O)c1ccc(N=Cc2c(O)n(C)c(=O)n(C)c2=O)cc1. The lowest BCUT2D eigenvalue weighted by Gasteiger charge is -2.07. The van der Waals surface area contributed by atoms with Gasteiger partial charge in [0, 0.05) is 20.3 Å². The average molecular weight is 345 g/mol. The molecule has 0 bridgehead atoms. The highest BCUT2D eigenvalue weighted by atomic mass is 16.5. The number of aromatic hydroxyl groups is 1. The molecule has 0 atom stereocenters. The van der Waals surface area contributed by atoms with Crippen LogP contribution >= 0.6 is 0 Å². The Labute approximate surface area is 143 Å². The van der Waals surface area contributed by atoms with Gasteiger partial charge in [0.05, 0.1) is 17.9 Å². The molecule has 1 N–H and O–H groups in total.